The molecule has 0 N–H and O–H groups in total. The highest BCUT2D eigenvalue weighted by atomic mass is 32.3. The van der Waals surface area contributed by atoms with Crippen molar-refractivity contribution in [3.8, 4) is 11.1 Å². The number of benzene rings is 2. The van der Waals surface area contributed by atoms with Crippen LogP contribution in [0.3, 0.4) is 0 Å². The van der Waals surface area contributed by atoms with Gasteiger partial charge in [-0.05, 0) is 84.4 Å². The molecule has 0 saturated carbocycles. The van der Waals surface area contributed by atoms with E-state index in [4.69, 9.17) is 0 Å². The summed E-state index contributed by atoms with van der Waals surface area (Å²) in [6, 6.07) is 13.7. The lowest BCUT2D eigenvalue weighted by atomic mass is 9.97. The van der Waals surface area contributed by atoms with Crippen LogP contribution < -0.4 is 0 Å². The second-order valence-electron chi connectivity index (χ2n) is 6.11. The topological polar surface area (TPSA) is 0 Å². The van der Waals surface area contributed by atoms with Gasteiger partial charge in [-0.15, -0.1) is 0 Å². The number of rotatable bonds is 2. The molecule has 0 radical (unpaired) electrons. The van der Waals surface area contributed by atoms with E-state index < -0.39 is 10.0 Å². The number of hydrogen-bond acceptors (Lipinski definition) is 0. The molecule has 0 aliphatic carbocycles. The molecule has 0 amide bonds. The van der Waals surface area contributed by atoms with Crippen LogP contribution in [0.1, 0.15) is 16.7 Å². The molecule has 19 heavy (non-hydrogen) atoms. The van der Waals surface area contributed by atoms with Crippen LogP contribution in [-0.4, -0.2) is 18.8 Å². The van der Waals surface area contributed by atoms with Crippen molar-refractivity contribution < 1.29 is 0 Å². The van der Waals surface area contributed by atoms with Gasteiger partial charge < -0.3 is 0 Å². The Balaban J connectivity index is 2.49. The SMILES string of the molecule is Cc1ccc(-c2ccc(S(C)(C)C)cc2C)cc1C. The van der Waals surface area contributed by atoms with E-state index >= 15 is 0 Å². The fourth-order valence-corrected chi connectivity index (χ4v) is 3.26. The zero-order valence-corrected chi connectivity index (χ0v) is 13.7. The molecule has 2 aromatic carbocycles. The Kier molecular flexibility index (Phi) is 3.78. The molecule has 0 nitrogen and oxygen atoms in total. The average molecular weight is 272 g/mol. The monoisotopic (exact) mass is 272 g/mol. The van der Waals surface area contributed by atoms with Gasteiger partial charge in [-0.1, -0.05) is 24.3 Å². The van der Waals surface area contributed by atoms with Crippen LogP contribution in [0.15, 0.2) is 41.3 Å². The molecule has 2 rings (SSSR count). The van der Waals surface area contributed by atoms with Gasteiger partial charge in [-0.25, -0.2) is 10.0 Å². The van der Waals surface area contributed by atoms with E-state index in [2.05, 4.69) is 75.9 Å². The van der Waals surface area contributed by atoms with Gasteiger partial charge in [0.05, 0.1) is 0 Å². The van der Waals surface area contributed by atoms with Gasteiger partial charge in [0.1, 0.15) is 0 Å². The van der Waals surface area contributed by atoms with Crippen molar-refractivity contribution in [2.24, 2.45) is 0 Å². The quantitative estimate of drug-likeness (QED) is 0.693. The largest absolute Gasteiger partial charge is 0.223 e. The summed E-state index contributed by atoms with van der Waals surface area (Å²) in [5.41, 5.74) is 6.79. The molecular formula is C18H24S. The van der Waals surface area contributed by atoms with Crippen LogP contribution in [0.4, 0.5) is 0 Å². The third-order valence-corrected chi connectivity index (χ3v) is 5.39. The van der Waals surface area contributed by atoms with Crippen molar-refractivity contribution in [3.63, 3.8) is 0 Å². The van der Waals surface area contributed by atoms with Gasteiger partial charge in [0.15, 0.2) is 0 Å². The number of aryl methyl sites for hydroxylation is 3. The van der Waals surface area contributed by atoms with Crippen LogP contribution in [0, 0.1) is 20.8 Å². The minimum absolute atomic E-state index is 0.639. The van der Waals surface area contributed by atoms with Crippen molar-refractivity contribution in [2.75, 3.05) is 18.8 Å². The molecule has 102 valence electrons. The van der Waals surface area contributed by atoms with Crippen molar-refractivity contribution in [2.45, 2.75) is 25.7 Å². The van der Waals surface area contributed by atoms with Gasteiger partial charge in [-0.3, -0.25) is 0 Å². The normalized spacial score (nSPS) is 12.5. The Morgan fingerprint density at radius 3 is 1.89 bits per heavy atom. The summed E-state index contributed by atoms with van der Waals surface area (Å²) >= 11 is 0. The van der Waals surface area contributed by atoms with E-state index in [1.54, 1.807) is 0 Å². The second kappa shape index (κ2) is 5.05. The summed E-state index contributed by atoms with van der Waals surface area (Å²) in [6.45, 7) is 6.57. The lowest BCUT2D eigenvalue weighted by Crippen LogP contribution is -1.95. The Bertz CT molecular complexity index is 604. The fraction of sp³-hybridized carbons (Fsp3) is 0.333. The highest BCUT2D eigenvalue weighted by molar-refractivity contribution is 8.32. The average Bonchev–Trinajstić information content (AvgIpc) is 2.31. The Morgan fingerprint density at radius 2 is 1.37 bits per heavy atom. The molecule has 0 bridgehead atoms. The maximum Gasteiger partial charge on any atom is -0.0103 e. The van der Waals surface area contributed by atoms with Crippen LogP contribution in [0.5, 0.6) is 0 Å². The van der Waals surface area contributed by atoms with Crippen LogP contribution in [0.2, 0.25) is 0 Å². The summed E-state index contributed by atoms with van der Waals surface area (Å²) < 4.78 is 0. The van der Waals surface area contributed by atoms with Crippen molar-refractivity contribution in [1.29, 1.82) is 0 Å². The van der Waals surface area contributed by atoms with Gasteiger partial charge in [0, 0.05) is 0 Å². The third-order valence-electron chi connectivity index (χ3n) is 3.72. The molecule has 0 unspecified atom stereocenters. The Hall–Kier alpha value is -1.21. The molecular weight excluding hydrogens is 248 g/mol. The van der Waals surface area contributed by atoms with Crippen LogP contribution in [-0.2, 0) is 0 Å². The second-order valence-corrected chi connectivity index (χ2v) is 10.3. The lowest BCUT2D eigenvalue weighted by molar-refractivity contribution is 1.32. The molecule has 0 heterocycles. The standard InChI is InChI=1S/C18H24S/c1-13-7-8-16(11-14(13)2)18-10-9-17(12-15(18)3)19(4,5)6/h7-12H,1-6H3. The zero-order valence-electron chi connectivity index (χ0n) is 12.9. The smallest absolute Gasteiger partial charge is 0.0103 e. The molecule has 0 fully saturated rings. The first kappa shape index (κ1) is 14.2. The number of hydrogen-bond donors (Lipinski definition) is 0. The summed E-state index contributed by atoms with van der Waals surface area (Å²) in [5, 5.41) is 0. The van der Waals surface area contributed by atoms with Crippen LogP contribution in [0.25, 0.3) is 11.1 Å². The summed E-state index contributed by atoms with van der Waals surface area (Å²) in [5.74, 6) is 0. The first-order valence-electron chi connectivity index (χ1n) is 6.65. The molecule has 0 spiro atoms. The minimum atomic E-state index is -0.639. The van der Waals surface area contributed by atoms with Crippen LogP contribution >= 0.6 is 10.0 Å². The maximum atomic E-state index is 2.36. The highest BCUT2D eigenvalue weighted by Gasteiger charge is 2.10. The zero-order chi connectivity index (χ0) is 14.2. The molecule has 0 aliphatic rings. The van der Waals surface area contributed by atoms with E-state index in [0.717, 1.165) is 0 Å². The Morgan fingerprint density at radius 1 is 0.684 bits per heavy atom. The predicted octanol–water partition coefficient (Wildman–Crippen LogP) is 5.33. The highest BCUT2D eigenvalue weighted by Crippen LogP contribution is 2.46. The first-order valence-corrected chi connectivity index (χ1v) is 9.51. The van der Waals surface area contributed by atoms with Crippen molar-refractivity contribution in [3.05, 3.63) is 53.1 Å². The van der Waals surface area contributed by atoms with E-state index in [1.165, 1.54) is 32.7 Å². The summed E-state index contributed by atoms with van der Waals surface area (Å²) in [4.78, 5) is 1.48. The minimum Gasteiger partial charge on any atom is -0.223 e. The van der Waals surface area contributed by atoms with Crippen molar-refractivity contribution in [1.82, 2.24) is 0 Å². The molecule has 0 aliphatic heterocycles. The van der Waals surface area contributed by atoms with Gasteiger partial charge in [0.2, 0.25) is 0 Å². The molecule has 0 aromatic heterocycles. The lowest BCUT2D eigenvalue weighted by Gasteiger charge is -2.26. The summed E-state index contributed by atoms with van der Waals surface area (Å²) in [7, 11) is -0.639. The van der Waals surface area contributed by atoms with E-state index in [0.29, 0.717) is 0 Å². The van der Waals surface area contributed by atoms with E-state index in [-0.39, 0.29) is 0 Å². The Labute approximate surface area is 119 Å². The molecule has 1 heteroatoms. The van der Waals surface area contributed by atoms with E-state index in [1.807, 2.05) is 0 Å². The predicted molar refractivity (Wildman–Crippen MR) is 89.7 cm³/mol. The third kappa shape index (κ3) is 3.03. The van der Waals surface area contributed by atoms with Gasteiger partial charge in [0.25, 0.3) is 0 Å². The van der Waals surface area contributed by atoms with Gasteiger partial charge >= 0.3 is 0 Å². The fourth-order valence-electron chi connectivity index (χ4n) is 2.25. The van der Waals surface area contributed by atoms with E-state index in [9.17, 15) is 0 Å². The van der Waals surface area contributed by atoms with Crippen molar-refractivity contribution >= 4 is 10.0 Å². The maximum absolute atomic E-state index is 2.36. The first-order chi connectivity index (χ1) is 8.79. The molecule has 0 saturated heterocycles. The van der Waals surface area contributed by atoms with Gasteiger partial charge in [-0.2, -0.15) is 0 Å². The molecule has 0 atom stereocenters. The summed E-state index contributed by atoms with van der Waals surface area (Å²) in [6.07, 6.45) is 7.03. The molecule has 2 aromatic rings.